The quantitative estimate of drug-likeness (QED) is 0.730. The number of hydrogen-bond acceptors (Lipinski definition) is 5. The molecule has 0 saturated carbocycles. The number of amides is 1. The average molecular weight is 340 g/mol. The fourth-order valence-corrected chi connectivity index (χ4v) is 3.54. The molecule has 1 aliphatic heterocycles. The molecule has 0 unspecified atom stereocenters. The van der Waals surface area contributed by atoms with E-state index in [1.54, 1.807) is 23.0 Å². The third-order valence-electron chi connectivity index (χ3n) is 4.88. The molecule has 130 valence electrons. The second-order valence-corrected chi connectivity index (χ2v) is 6.51. The van der Waals surface area contributed by atoms with Gasteiger partial charge in [0.25, 0.3) is 5.91 Å². The topological polar surface area (TPSA) is 73.4 Å². The molecule has 3 heterocycles. The number of hydrogen-bond donors (Lipinski definition) is 0. The van der Waals surface area contributed by atoms with Gasteiger partial charge in [0.2, 0.25) is 0 Å². The lowest BCUT2D eigenvalue weighted by atomic mass is 10.0. The number of carbonyl (C=O) groups excluding carboxylic acids is 1. The zero-order valence-electron chi connectivity index (χ0n) is 14.5. The number of carbonyl (C=O) groups is 1. The van der Waals surface area contributed by atoms with E-state index in [2.05, 4.69) is 10.3 Å². The fourth-order valence-electron chi connectivity index (χ4n) is 3.54. The number of para-hydroxylation sites is 1. The van der Waals surface area contributed by atoms with Crippen LogP contribution < -0.4 is 0 Å². The van der Waals surface area contributed by atoms with Gasteiger partial charge in [0, 0.05) is 38.8 Å². The monoisotopic (exact) mass is 340 g/mol. The van der Waals surface area contributed by atoms with E-state index in [-0.39, 0.29) is 17.9 Å². The minimum Gasteiger partial charge on any atom is -0.463 e. The molecule has 0 N–H and O–H groups in total. The predicted octanol–water partition coefficient (Wildman–Crippen LogP) is 2.12. The summed E-state index contributed by atoms with van der Waals surface area (Å²) in [4.78, 5) is 14.9. The predicted molar refractivity (Wildman–Crippen MR) is 91.4 cm³/mol. The van der Waals surface area contributed by atoms with Gasteiger partial charge in [-0.1, -0.05) is 23.4 Å². The van der Waals surface area contributed by atoms with Gasteiger partial charge in [0.15, 0.2) is 0 Å². The SMILES string of the molecule is CO[C@@H]1CN(C(=O)c2coc3c(C)cccc23)C[C@H]1c1cn(C)nn1. The van der Waals surface area contributed by atoms with Crippen LogP contribution in [0.15, 0.2) is 35.1 Å². The van der Waals surface area contributed by atoms with Crippen molar-refractivity contribution in [2.45, 2.75) is 18.9 Å². The van der Waals surface area contributed by atoms with Crippen molar-refractivity contribution < 1.29 is 13.9 Å². The Hall–Kier alpha value is -2.67. The highest BCUT2D eigenvalue weighted by Gasteiger charge is 2.38. The Kier molecular flexibility index (Phi) is 3.80. The van der Waals surface area contributed by atoms with Crippen LogP contribution in [0.5, 0.6) is 0 Å². The van der Waals surface area contributed by atoms with Crippen LogP contribution in [-0.4, -0.2) is 52.1 Å². The van der Waals surface area contributed by atoms with Gasteiger partial charge in [-0.15, -0.1) is 5.10 Å². The Bertz CT molecular complexity index is 929. The maximum absolute atomic E-state index is 13.0. The highest BCUT2D eigenvalue weighted by molar-refractivity contribution is 6.06. The third-order valence-corrected chi connectivity index (χ3v) is 4.88. The molecular formula is C18H20N4O3. The van der Waals surface area contributed by atoms with Crippen molar-refractivity contribution in [2.24, 2.45) is 7.05 Å². The second-order valence-electron chi connectivity index (χ2n) is 6.51. The number of benzene rings is 1. The number of aryl methyl sites for hydroxylation is 2. The Morgan fingerprint density at radius 3 is 2.92 bits per heavy atom. The first-order chi connectivity index (χ1) is 12.1. The first-order valence-electron chi connectivity index (χ1n) is 8.23. The van der Waals surface area contributed by atoms with Crippen LogP contribution in [0.3, 0.4) is 0 Å². The number of nitrogens with zero attached hydrogens (tertiary/aromatic N) is 4. The van der Waals surface area contributed by atoms with Gasteiger partial charge in [0.05, 0.1) is 23.3 Å². The zero-order valence-corrected chi connectivity index (χ0v) is 14.5. The van der Waals surface area contributed by atoms with Crippen molar-refractivity contribution in [3.63, 3.8) is 0 Å². The van der Waals surface area contributed by atoms with E-state index in [0.717, 1.165) is 22.2 Å². The average Bonchev–Trinajstić information content (AvgIpc) is 3.31. The van der Waals surface area contributed by atoms with Crippen LogP contribution in [0.25, 0.3) is 11.0 Å². The van der Waals surface area contributed by atoms with Crippen molar-refractivity contribution in [3.05, 3.63) is 47.5 Å². The summed E-state index contributed by atoms with van der Waals surface area (Å²) in [5.74, 6) is -0.0275. The molecular weight excluding hydrogens is 320 g/mol. The van der Waals surface area contributed by atoms with E-state index < -0.39 is 0 Å². The number of fused-ring (bicyclic) bond motifs is 1. The first kappa shape index (κ1) is 15.8. The first-order valence-corrected chi connectivity index (χ1v) is 8.23. The van der Waals surface area contributed by atoms with E-state index in [9.17, 15) is 4.79 Å². The second kappa shape index (κ2) is 6.00. The van der Waals surface area contributed by atoms with Gasteiger partial charge in [-0.25, -0.2) is 0 Å². The van der Waals surface area contributed by atoms with Crippen molar-refractivity contribution in [1.82, 2.24) is 19.9 Å². The van der Waals surface area contributed by atoms with Crippen LogP contribution in [0.2, 0.25) is 0 Å². The van der Waals surface area contributed by atoms with Crippen LogP contribution in [-0.2, 0) is 11.8 Å². The number of aromatic nitrogens is 3. The van der Waals surface area contributed by atoms with E-state index in [1.807, 2.05) is 38.4 Å². The molecule has 4 rings (SSSR count). The molecule has 2 aromatic heterocycles. The summed E-state index contributed by atoms with van der Waals surface area (Å²) in [6.45, 7) is 3.05. The Balaban J connectivity index is 1.63. The number of methoxy groups -OCH3 is 1. The van der Waals surface area contributed by atoms with Crippen molar-refractivity contribution in [2.75, 3.05) is 20.2 Å². The summed E-state index contributed by atoms with van der Waals surface area (Å²) < 4.78 is 12.9. The summed E-state index contributed by atoms with van der Waals surface area (Å²) in [6, 6.07) is 5.83. The lowest BCUT2D eigenvalue weighted by Crippen LogP contribution is -2.29. The minimum absolute atomic E-state index is 0.0163. The van der Waals surface area contributed by atoms with Gasteiger partial charge in [-0.2, -0.15) is 0 Å². The Morgan fingerprint density at radius 2 is 2.20 bits per heavy atom. The molecule has 3 aromatic rings. The smallest absolute Gasteiger partial charge is 0.257 e. The molecule has 0 spiro atoms. The molecule has 0 bridgehead atoms. The van der Waals surface area contributed by atoms with Crippen LogP contribution in [0.4, 0.5) is 0 Å². The van der Waals surface area contributed by atoms with Crippen molar-refractivity contribution in [1.29, 1.82) is 0 Å². The van der Waals surface area contributed by atoms with Crippen LogP contribution in [0, 0.1) is 6.92 Å². The summed E-state index contributed by atoms with van der Waals surface area (Å²) in [7, 11) is 3.49. The lowest BCUT2D eigenvalue weighted by Gasteiger charge is -2.15. The van der Waals surface area contributed by atoms with Gasteiger partial charge in [0.1, 0.15) is 11.8 Å². The maximum Gasteiger partial charge on any atom is 0.257 e. The minimum atomic E-state index is -0.0967. The van der Waals surface area contributed by atoms with Crippen LogP contribution in [0.1, 0.15) is 27.5 Å². The number of rotatable bonds is 3. The molecule has 7 heteroatoms. The summed E-state index contributed by atoms with van der Waals surface area (Å²) in [5, 5.41) is 9.03. The molecule has 1 aromatic carbocycles. The zero-order chi connectivity index (χ0) is 17.6. The van der Waals surface area contributed by atoms with Gasteiger partial charge in [-0.05, 0) is 12.5 Å². The lowest BCUT2D eigenvalue weighted by molar-refractivity contribution is 0.0715. The fraction of sp³-hybridized carbons (Fsp3) is 0.389. The normalized spacial score (nSPS) is 20.5. The highest BCUT2D eigenvalue weighted by atomic mass is 16.5. The highest BCUT2D eigenvalue weighted by Crippen LogP contribution is 2.31. The van der Waals surface area contributed by atoms with Crippen molar-refractivity contribution in [3.8, 4) is 0 Å². The van der Waals surface area contributed by atoms with Crippen LogP contribution >= 0.6 is 0 Å². The van der Waals surface area contributed by atoms with Crippen molar-refractivity contribution >= 4 is 16.9 Å². The Morgan fingerprint density at radius 1 is 1.36 bits per heavy atom. The largest absolute Gasteiger partial charge is 0.463 e. The van der Waals surface area contributed by atoms with E-state index in [4.69, 9.17) is 9.15 Å². The van der Waals surface area contributed by atoms with E-state index >= 15 is 0 Å². The molecule has 0 radical (unpaired) electrons. The molecule has 25 heavy (non-hydrogen) atoms. The molecule has 0 aliphatic carbocycles. The molecule has 1 saturated heterocycles. The molecule has 1 aliphatic rings. The number of ether oxygens (including phenoxy) is 1. The van der Waals surface area contributed by atoms with E-state index in [0.29, 0.717) is 18.7 Å². The molecule has 7 nitrogen and oxygen atoms in total. The third kappa shape index (κ3) is 2.60. The van der Waals surface area contributed by atoms with Gasteiger partial charge < -0.3 is 14.1 Å². The van der Waals surface area contributed by atoms with Gasteiger partial charge in [-0.3, -0.25) is 9.48 Å². The molecule has 2 atom stereocenters. The Labute approximate surface area is 145 Å². The summed E-state index contributed by atoms with van der Waals surface area (Å²) in [5.41, 5.74) is 3.22. The number of likely N-dealkylation sites (tertiary alicyclic amines) is 1. The molecule has 1 amide bonds. The number of furan rings is 1. The summed E-state index contributed by atoms with van der Waals surface area (Å²) in [6.07, 6.45) is 3.33. The maximum atomic E-state index is 13.0. The van der Waals surface area contributed by atoms with Gasteiger partial charge >= 0.3 is 0 Å². The molecule has 1 fully saturated rings. The van der Waals surface area contributed by atoms with E-state index in [1.165, 1.54) is 0 Å². The summed E-state index contributed by atoms with van der Waals surface area (Å²) >= 11 is 0. The standard InChI is InChI=1S/C18H20N4O3/c1-11-5-4-6-12-14(10-25-17(11)12)18(23)22-7-13(16(9-22)24-3)15-8-21(2)20-19-15/h4-6,8,10,13,16H,7,9H2,1-3H3/t13-,16+/m0/s1.